The minimum absolute atomic E-state index is 0.786. The van der Waals surface area contributed by atoms with Crippen molar-refractivity contribution in [1.29, 1.82) is 0 Å². The molecule has 1 fully saturated rings. The van der Waals surface area contributed by atoms with Gasteiger partial charge in [-0.05, 0) is 48.6 Å². The molecule has 0 aliphatic heterocycles. The van der Waals surface area contributed by atoms with Gasteiger partial charge in [-0.15, -0.1) is 0 Å². The van der Waals surface area contributed by atoms with Crippen molar-refractivity contribution in [3.8, 4) is 11.1 Å². The van der Waals surface area contributed by atoms with E-state index in [0.717, 1.165) is 12.5 Å². The van der Waals surface area contributed by atoms with Crippen LogP contribution < -0.4 is 5.32 Å². The predicted octanol–water partition coefficient (Wildman–Crippen LogP) is 3.74. The first-order valence-electron chi connectivity index (χ1n) is 7.05. The Hall–Kier alpha value is -1.67. The zero-order valence-corrected chi connectivity index (χ0v) is 11.4. The van der Waals surface area contributed by atoms with E-state index < -0.39 is 0 Å². The number of hydrogen-bond donors (Lipinski definition) is 1. The average Bonchev–Trinajstić information content (AvgIpc) is 2.38. The summed E-state index contributed by atoms with van der Waals surface area (Å²) in [6.45, 7) is 0.864. The quantitative estimate of drug-likeness (QED) is 0.896. The van der Waals surface area contributed by atoms with Gasteiger partial charge in [-0.1, -0.05) is 30.7 Å². The highest BCUT2D eigenvalue weighted by atomic mass is 14.8. The summed E-state index contributed by atoms with van der Waals surface area (Å²) < 4.78 is 0. The molecule has 0 atom stereocenters. The number of aromatic nitrogens is 1. The van der Waals surface area contributed by atoms with Crippen molar-refractivity contribution in [2.45, 2.75) is 31.7 Å². The van der Waals surface area contributed by atoms with Crippen molar-refractivity contribution in [3.63, 3.8) is 0 Å². The van der Waals surface area contributed by atoms with Crippen molar-refractivity contribution >= 4 is 0 Å². The first kappa shape index (κ1) is 12.4. The average molecular weight is 252 g/mol. The molecule has 98 valence electrons. The van der Waals surface area contributed by atoms with Crippen molar-refractivity contribution in [1.82, 2.24) is 10.3 Å². The smallest absolute Gasteiger partial charge is 0.0346 e. The number of nitrogens with one attached hydrogen (secondary N) is 1. The summed E-state index contributed by atoms with van der Waals surface area (Å²) in [4.78, 5) is 4.35. The van der Waals surface area contributed by atoms with Gasteiger partial charge in [0.15, 0.2) is 0 Å². The molecular formula is C17H20N2. The first-order valence-corrected chi connectivity index (χ1v) is 7.05. The fourth-order valence-corrected chi connectivity index (χ4v) is 2.66. The van der Waals surface area contributed by atoms with E-state index in [9.17, 15) is 0 Å². The Balaban J connectivity index is 1.90. The number of nitrogens with zero attached hydrogens (tertiary/aromatic N) is 1. The summed E-state index contributed by atoms with van der Waals surface area (Å²) in [5.74, 6) is 0.786. The molecule has 0 saturated heterocycles. The molecule has 0 bridgehead atoms. The summed E-state index contributed by atoms with van der Waals surface area (Å²) in [6, 6.07) is 11.2. The largest absolute Gasteiger partial charge is 0.316 e. The second kappa shape index (κ2) is 5.54. The molecule has 1 aliphatic rings. The maximum absolute atomic E-state index is 4.35. The molecule has 1 aliphatic carbocycles. The SMILES string of the molecule is CNCc1cncc(-c2cccc(C3CCC3)c2)c1. The lowest BCUT2D eigenvalue weighted by Crippen LogP contribution is -2.08. The summed E-state index contributed by atoms with van der Waals surface area (Å²) in [5, 5.41) is 3.17. The molecule has 2 nitrogen and oxygen atoms in total. The van der Waals surface area contributed by atoms with Crippen LogP contribution >= 0.6 is 0 Å². The van der Waals surface area contributed by atoms with E-state index in [-0.39, 0.29) is 0 Å². The lowest BCUT2D eigenvalue weighted by molar-refractivity contribution is 0.420. The number of hydrogen-bond acceptors (Lipinski definition) is 2. The van der Waals surface area contributed by atoms with Crippen LogP contribution in [0, 0.1) is 0 Å². The van der Waals surface area contributed by atoms with E-state index in [1.54, 1.807) is 0 Å². The topological polar surface area (TPSA) is 24.9 Å². The van der Waals surface area contributed by atoms with E-state index in [2.05, 4.69) is 40.6 Å². The van der Waals surface area contributed by atoms with Gasteiger partial charge in [0.1, 0.15) is 0 Å². The van der Waals surface area contributed by atoms with Crippen LogP contribution in [0.25, 0.3) is 11.1 Å². The number of rotatable bonds is 4. The van der Waals surface area contributed by atoms with E-state index in [4.69, 9.17) is 0 Å². The van der Waals surface area contributed by atoms with Gasteiger partial charge < -0.3 is 5.32 Å². The Morgan fingerprint density at radius 3 is 2.79 bits per heavy atom. The van der Waals surface area contributed by atoms with Crippen molar-refractivity contribution in [2.75, 3.05) is 7.05 Å². The lowest BCUT2D eigenvalue weighted by atomic mass is 9.79. The van der Waals surface area contributed by atoms with Gasteiger partial charge in [0.25, 0.3) is 0 Å². The summed E-state index contributed by atoms with van der Waals surface area (Å²) in [6.07, 6.45) is 7.96. The minimum atomic E-state index is 0.786. The molecule has 1 saturated carbocycles. The van der Waals surface area contributed by atoms with E-state index in [1.807, 2.05) is 19.4 Å². The predicted molar refractivity (Wildman–Crippen MR) is 79.0 cm³/mol. The van der Waals surface area contributed by atoms with Crippen LogP contribution in [0.1, 0.15) is 36.3 Å². The third kappa shape index (κ3) is 2.69. The molecule has 0 unspecified atom stereocenters. The first-order chi connectivity index (χ1) is 9.36. The van der Waals surface area contributed by atoms with Crippen molar-refractivity contribution in [2.24, 2.45) is 0 Å². The molecule has 3 rings (SSSR count). The molecule has 0 spiro atoms. The standard InChI is InChI=1S/C17H20N2/c1-18-10-13-8-17(12-19-11-13)16-7-3-6-15(9-16)14-4-2-5-14/h3,6-9,11-12,14,18H,2,4-5,10H2,1H3. The second-order valence-corrected chi connectivity index (χ2v) is 5.37. The summed E-state index contributed by atoms with van der Waals surface area (Å²) in [7, 11) is 1.96. The van der Waals surface area contributed by atoms with Gasteiger partial charge in [-0.2, -0.15) is 0 Å². The molecule has 2 heteroatoms. The van der Waals surface area contributed by atoms with Crippen molar-refractivity contribution in [3.05, 3.63) is 53.9 Å². The van der Waals surface area contributed by atoms with Crippen LogP contribution in [0.5, 0.6) is 0 Å². The summed E-state index contributed by atoms with van der Waals surface area (Å²) >= 11 is 0. The summed E-state index contributed by atoms with van der Waals surface area (Å²) in [5.41, 5.74) is 5.22. The van der Waals surface area contributed by atoms with Crippen LogP contribution in [0.15, 0.2) is 42.7 Å². The van der Waals surface area contributed by atoms with Gasteiger partial charge in [0.2, 0.25) is 0 Å². The molecule has 0 amide bonds. The van der Waals surface area contributed by atoms with Crippen LogP contribution in [0.2, 0.25) is 0 Å². The third-order valence-electron chi connectivity index (χ3n) is 3.97. The highest BCUT2D eigenvalue weighted by Crippen LogP contribution is 2.37. The van der Waals surface area contributed by atoms with E-state index in [0.29, 0.717) is 0 Å². The number of benzene rings is 1. The zero-order chi connectivity index (χ0) is 13.1. The number of pyridine rings is 1. The Labute approximate surface area is 114 Å². The molecule has 1 N–H and O–H groups in total. The van der Waals surface area contributed by atoms with Crippen LogP contribution in [0.3, 0.4) is 0 Å². The molecule has 1 heterocycles. The second-order valence-electron chi connectivity index (χ2n) is 5.37. The third-order valence-corrected chi connectivity index (χ3v) is 3.97. The van der Waals surface area contributed by atoms with Gasteiger partial charge >= 0.3 is 0 Å². The molecule has 1 aromatic heterocycles. The van der Waals surface area contributed by atoms with E-state index >= 15 is 0 Å². The zero-order valence-electron chi connectivity index (χ0n) is 11.4. The van der Waals surface area contributed by atoms with Gasteiger partial charge in [-0.3, -0.25) is 4.98 Å². The fraction of sp³-hybridized carbons (Fsp3) is 0.353. The molecule has 2 aromatic rings. The van der Waals surface area contributed by atoms with Crippen LogP contribution in [-0.4, -0.2) is 12.0 Å². The minimum Gasteiger partial charge on any atom is -0.316 e. The molecule has 0 radical (unpaired) electrons. The molecular weight excluding hydrogens is 232 g/mol. The normalized spacial score (nSPS) is 15.2. The van der Waals surface area contributed by atoms with Crippen molar-refractivity contribution < 1.29 is 0 Å². The van der Waals surface area contributed by atoms with Crippen LogP contribution in [0.4, 0.5) is 0 Å². The van der Waals surface area contributed by atoms with Gasteiger partial charge in [0, 0.05) is 24.5 Å². The highest BCUT2D eigenvalue weighted by molar-refractivity contribution is 5.64. The Morgan fingerprint density at radius 2 is 2.05 bits per heavy atom. The van der Waals surface area contributed by atoms with Gasteiger partial charge in [-0.25, -0.2) is 0 Å². The fourth-order valence-electron chi connectivity index (χ4n) is 2.66. The maximum atomic E-state index is 4.35. The van der Waals surface area contributed by atoms with E-state index in [1.165, 1.54) is 41.5 Å². The lowest BCUT2D eigenvalue weighted by Gasteiger charge is -2.26. The highest BCUT2D eigenvalue weighted by Gasteiger charge is 2.19. The van der Waals surface area contributed by atoms with Crippen LogP contribution in [-0.2, 0) is 6.54 Å². The Morgan fingerprint density at radius 1 is 1.16 bits per heavy atom. The van der Waals surface area contributed by atoms with Gasteiger partial charge in [0.05, 0.1) is 0 Å². The Bertz CT molecular complexity index is 559. The molecule has 1 aromatic carbocycles. The molecule has 19 heavy (non-hydrogen) atoms. The Kier molecular flexibility index (Phi) is 3.60. The monoisotopic (exact) mass is 252 g/mol. The maximum Gasteiger partial charge on any atom is 0.0346 e.